The Morgan fingerprint density at radius 2 is 1.89 bits per heavy atom. The third-order valence-corrected chi connectivity index (χ3v) is 6.18. The van der Waals surface area contributed by atoms with Gasteiger partial charge < -0.3 is 29.2 Å². The number of hydrogen-bond donors (Lipinski definition) is 4. The summed E-state index contributed by atoms with van der Waals surface area (Å²) in [6.45, 7) is 2.50. The molecule has 0 bridgehead atoms. The number of carbonyl (C=O) groups excluding carboxylic acids is 1. The molecule has 36 heavy (non-hydrogen) atoms. The van der Waals surface area contributed by atoms with Gasteiger partial charge >= 0.3 is 5.91 Å². The first kappa shape index (κ1) is 25.9. The number of halogens is 1. The Labute approximate surface area is 212 Å². The van der Waals surface area contributed by atoms with E-state index in [2.05, 4.69) is 10.5 Å². The number of nitrogens with zero attached hydrogens (tertiary/aromatic N) is 1. The van der Waals surface area contributed by atoms with Gasteiger partial charge in [-0.25, -0.2) is 5.43 Å². The fraction of sp³-hybridized carbons (Fsp3) is 0.308. The summed E-state index contributed by atoms with van der Waals surface area (Å²) in [6.07, 6.45) is -3.41. The fourth-order valence-corrected chi connectivity index (χ4v) is 4.12. The Kier molecular flexibility index (Phi) is 8.40. The highest BCUT2D eigenvalue weighted by Crippen LogP contribution is 2.34. The van der Waals surface area contributed by atoms with Crippen LogP contribution in [0.2, 0.25) is 5.02 Å². The topological polar surface area (TPSA) is 134 Å². The van der Waals surface area contributed by atoms with E-state index < -0.39 is 36.4 Å². The Hall–Kier alpha value is -3.21. The molecule has 4 N–H and O–H groups in total. The van der Waals surface area contributed by atoms with Crippen LogP contribution in [0.15, 0.2) is 70.4 Å². The van der Waals surface area contributed by atoms with Gasteiger partial charge in [-0.3, -0.25) is 4.79 Å². The summed E-state index contributed by atoms with van der Waals surface area (Å²) >= 11 is 6.44. The minimum atomic E-state index is -1.51. The molecule has 1 aliphatic heterocycles. The third kappa shape index (κ3) is 5.95. The molecule has 2 heterocycles. The summed E-state index contributed by atoms with van der Waals surface area (Å²) in [7, 11) is 0. The van der Waals surface area contributed by atoms with Crippen LogP contribution in [0.25, 0.3) is 0 Å². The van der Waals surface area contributed by atoms with Gasteiger partial charge in [-0.1, -0.05) is 35.9 Å². The summed E-state index contributed by atoms with van der Waals surface area (Å²) in [4.78, 5) is 12.0. The number of hydrazone groups is 1. The lowest BCUT2D eigenvalue weighted by atomic mass is 9.90. The van der Waals surface area contributed by atoms with Crippen LogP contribution < -0.4 is 10.2 Å². The van der Waals surface area contributed by atoms with E-state index in [9.17, 15) is 20.1 Å². The first-order chi connectivity index (χ1) is 17.4. The molecule has 5 atom stereocenters. The van der Waals surface area contributed by atoms with Gasteiger partial charge in [0, 0.05) is 5.02 Å². The number of ether oxygens (including phenoxy) is 2. The second-order valence-corrected chi connectivity index (χ2v) is 8.70. The molecule has 0 aliphatic carbocycles. The van der Waals surface area contributed by atoms with E-state index in [1.165, 1.54) is 12.3 Å². The lowest BCUT2D eigenvalue weighted by molar-refractivity contribution is -0.205. The smallest absolute Gasteiger partial charge is 0.307 e. The average Bonchev–Trinajstić information content (AvgIpc) is 3.42. The second-order valence-electron chi connectivity index (χ2n) is 8.29. The normalized spacial score (nSPS) is 24.1. The molecule has 1 aromatic heterocycles. The predicted octanol–water partition coefficient (Wildman–Crippen LogP) is 2.86. The van der Waals surface area contributed by atoms with Crippen molar-refractivity contribution in [3.8, 4) is 5.75 Å². The van der Waals surface area contributed by atoms with E-state index in [-0.39, 0.29) is 5.76 Å². The van der Waals surface area contributed by atoms with Crippen LogP contribution in [0.1, 0.15) is 40.3 Å². The monoisotopic (exact) mass is 514 g/mol. The van der Waals surface area contributed by atoms with Crippen LogP contribution in [0.4, 0.5) is 0 Å². The van der Waals surface area contributed by atoms with E-state index in [0.29, 0.717) is 23.6 Å². The van der Waals surface area contributed by atoms with Gasteiger partial charge in [0.2, 0.25) is 0 Å². The van der Waals surface area contributed by atoms with Crippen LogP contribution in [-0.2, 0) is 11.2 Å². The molecule has 10 heteroatoms. The van der Waals surface area contributed by atoms with Gasteiger partial charge in [-0.2, -0.15) is 5.10 Å². The molecule has 1 amide bonds. The minimum Gasteiger partial charge on any atom is -0.494 e. The quantitative estimate of drug-likeness (QED) is 0.268. The van der Waals surface area contributed by atoms with Crippen molar-refractivity contribution in [1.82, 2.24) is 5.43 Å². The zero-order valence-electron chi connectivity index (χ0n) is 19.5. The number of nitrogens with one attached hydrogen (secondary N) is 1. The Morgan fingerprint density at radius 1 is 1.11 bits per heavy atom. The molecule has 2 aromatic carbocycles. The van der Waals surface area contributed by atoms with Crippen LogP contribution in [0.3, 0.4) is 0 Å². The minimum absolute atomic E-state index is 0.0619. The van der Waals surface area contributed by atoms with Gasteiger partial charge in [0.25, 0.3) is 0 Å². The highest BCUT2D eigenvalue weighted by molar-refractivity contribution is 6.31. The number of carbonyl (C=O) groups is 1. The standard InChI is InChI=1S/C26H27ClN2O7/c1-2-34-18-8-5-15(6-9-18)12-17-13-16(7-10-19(17)27)25-24(32)23(31)22(30)21(36-25)14-28-29-26(33)20-4-3-11-35-20/h3-11,13-14,21-25,30-32H,2,12H2,1H3,(H,29,33)/b28-14+/t21-,22-,23+,24-,25+/m1/s1. The molecule has 9 nitrogen and oxygen atoms in total. The number of hydrogen-bond acceptors (Lipinski definition) is 8. The first-order valence-electron chi connectivity index (χ1n) is 11.4. The van der Waals surface area contributed by atoms with Crippen molar-refractivity contribution in [2.75, 3.05) is 6.61 Å². The maximum atomic E-state index is 12.0. The van der Waals surface area contributed by atoms with Gasteiger partial charge in [-0.15, -0.1) is 0 Å². The van der Waals surface area contributed by atoms with E-state index >= 15 is 0 Å². The number of furan rings is 1. The molecule has 1 fully saturated rings. The van der Waals surface area contributed by atoms with Crippen molar-refractivity contribution in [1.29, 1.82) is 0 Å². The zero-order valence-corrected chi connectivity index (χ0v) is 20.2. The fourth-order valence-electron chi connectivity index (χ4n) is 3.93. The molecule has 4 rings (SSSR count). The van der Waals surface area contributed by atoms with Crippen molar-refractivity contribution >= 4 is 23.7 Å². The van der Waals surface area contributed by atoms with Crippen molar-refractivity contribution in [2.24, 2.45) is 5.10 Å². The highest BCUT2D eigenvalue weighted by atomic mass is 35.5. The van der Waals surface area contributed by atoms with Crippen LogP contribution >= 0.6 is 11.6 Å². The largest absolute Gasteiger partial charge is 0.494 e. The zero-order chi connectivity index (χ0) is 25.7. The van der Waals surface area contributed by atoms with Gasteiger partial charge in [0.15, 0.2) is 5.76 Å². The molecular formula is C26H27ClN2O7. The SMILES string of the molecule is CCOc1ccc(Cc2cc([C@@H]3O[C@H](/C=N/NC(=O)c4ccco4)[C@@H](O)[C@H](O)[C@H]3O)ccc2Cl)cc1. The molecule has 0 radical (unpaired) electrons. The predicted molar refractivity (Wildman–Crippen MR) is 132 cm³/mol. The molecule has 1 saturated heterocycles. The summed E-state index contributed by atoms with van der Waals surface area (Å²) in [5, 5.41) is 35.8. The Morgan fingerprint density at radius 3 is 2.58 bits per heavy atom. The number of rotatable bonds is 8. The van der Waals surface area contributed by atoms with Crippen LogP contribution in [0, 0.1) is 0 Å². The molecule has 0 saturated carbocycles. The molecule has 1 aliphatic rings. The van der Waals surface area contributed by atoms with Crippen molar-refractivity contribution in [2.45, 2.75) is 43.9 Å². The third-order valence-electron chi connectivity index (χ3n) is 5.81. The van der Waals surface area contributed by atoms with Gasteiger partial charge in [0.1, 0.15) is 36.3 Å². The number of aliphatic hydroxyl groups is 3. The summed E-state index contributed by atoms with van der Waals surface area (Å²) < 4.78 is 16.4. The van der Waals surface area contributed by atoms with Crippen LogP contribution in [0.5, 0.6) is 5.75 Å². The summed E-state index contributed by atoms with van der Waals surface area (Å²) in [5.74, 6) is 0.252. The average molecular weight is 515 g/mol. The van der Waals surface area contributed by atoms with Gasteiger partial charge in [0.05, 0.1) is 19.1 Å². The number of aliphatic hydroxyl groups excluding tert-OH is 3. The van der Waals surface area contributed by atoms with Gasteiger partial charge in [-0.05, 0) is 60.4 Å². The molecular weight excluding hydrogens is 488 g/mol. The lowest BCUT2D eigenvalue weighted by Gasteiger charge is -2.39. The molecule has 190 valence electrons. The maximum absolute atomic E-state index is 12.0. The Balaban J connectivity index is 1.49. The first-order valence-corrected chi connectivity index (χ1v) is 11.8. The summed E-state index contributed by atoms with van der Waals surface area (Å²) in [6, 6.07) is 15.9. The molecule has 3 aromatic rings. The number of benzene rings is 2. The number of amides is 1. The van der Waals surface area contributed by atoms with Crippen molar-refractivity contribution in [3.05, 3.63) is 88.3 Å². The van der Waals surface area contributed by atoms with Crippen molar-refractivity contribution in [3.63, 3.8) is 0 Å². The molecule has 0 unspecified atom stereocenters. The second kappa shape index (κ2) is 11.7. The van der Waals surface area contributed by atoms with Crippen molar-refractivity contribution < 1.29 is 34.0 Å². The van der Waals surface area contributed by atoms with E-state index in [1.807, 2.05) is 31.2 Å². The van der Waals surface area contributed by atoms with Crippen LogP contribution in [-0.4, -0.2) is 58.5 Å². The lowest BCUT2D eigenvalue weighted by Crippen LogP contribution is -2.54. The highest BCUT2D eigenvalue weighted by Gasteiger charge is 2.43. The van der Waals surface area contributed by atoms with E-state index in [0.717, 1.165) is 23.1 Å². The van der Waals surface area contributed by atoms with E-state index in [4.69, 9.17) is 25.5 Å². The van der Waals surface area contributed by atoms with E-state index in [1.54, 1.807) is 24.3 Å². The maximum Gasteiger partial charge on any atom is 0.307 e. The Bertz CT molecular complexity index is 1180. The summed E-state index contributed by atoms with van der Waals surface area (Å²) in [5.41, 5.74) is 4.64. The molecule has 0 spiro atoms.